The monoisotopic (exact) mass is 347 g/mol. The van der Waals surface area contributed by atoms with Crippen molar-refractivity contribution < 1.29 is 0 Å². The molecule has 2 N–H and O–H groups in total. The van der Waals surface area contributed by atoms with Crippen LogP contribution in [0.1, 0.15) is 66.7 Å². The van der Waals surface area contributed by atoms with Gasteiger partial charge in [0.25, 0.3) is 0 Å². The van der Waals surface area contributed by atoms with E-state index in [4.69, 9.17) is 0 Å². The Kier molecular flexibility index (Phi) is 4.73. The lowest BCUT2D eigenvalue weighted by Gasteiger charge is -2.25. The van der Waals surface area contributed by atoms with E-state index < -0.39 is 0 Å². The van der Waals surface area contributed by atoms with E-state index in [-0.39, 0.29) is 0 Å². The van der Waals surface area contributed by atoms with Crippen LogP contribution in [0.4, 0.5) is 0 Å². The molecular weight excluding hydrogens is 318 g/mol. The van der Waals surface area contributed by atoms with E-state index in [9.17, 15) is 0 Å². The van der Waals surface area contributed by atoms with Gasteiger partial charge in [-0.1, -0.05) is 43.3 Å². The third-order valence-electron chi connectivity index (χ3n) is 5.83. The van der Waals surface area contributed by atoms with Crippen molar-refractivity contribution in [3.8, 4) is 0 Å². The summed E-state index contributed by atoms with van der Waals surface area (Å²) in [6, 6.07) is 11.0. The number of H-pyrrole nitrogens is 1. The van der Waals surface area contributed by atoms with E-state index in [1.54, 1.807) is 5.56 Å². The first kappa shape index (κ1) is 17.2. The van der Waals surface area contributed by atoms with Crippen LogP contribution in [0.15, 0.2) is 42.6 Å². The minimum atomic E-state index is 0.347. The number of hydrogen-bond acceptors (Lipinski definition) is 2. The molecule has 0 amide bonds. The Bertz CT molecular complexity index is 829. The van der Waals surface area contributed by atoms with Gasteiger partial charge >= 0.3 is 0 Å². The second-order valence-corrected chi connectivity index (χ2v) is 7.62. The van der Waals surface area contributed by atoms with Crippen molar-refractivity contribution in [3.63, 3.8) is 0 Å². The summed E-state index contributed by atoms with van der Waals surface area (Å²) < 4.78 is 0. The fourth-order valence-corrected chi connectivity index (χ4v) is 4.24. The van der Waals surface area contributed by atoms with Crippen LogP contribution in [-0.2, 0) is 6.54 Å². The normalized spacial score (nSPS) is 19.7. The highest BCUT2D eigenvalue weighted by molar-refractivity contribution is 5.76. The van der Waals surface area contributed by atoms with Crippen LogP contribution in [0, 0.1) is 0 Å². The van der Waals surface area contributed by atoms with E-state index in [0.717, 1.165) is 19.5 Å². The van der Waals surface area contributed by atoms with E-state index in [1.807, 2.05) is 0 Å². The largest absolute Gasteiger partial charge is 0.375 e. The maximum Gasteiger partial charge on any atom is 0.0577 e. The zero-order valence-corrected chi connectivity index (χ0v) is 16.0. The number of fused-ring (bicyclic) bond motifs is 3. The van der Waals surface area contributed by atoms with E-state index in [1.165, 1.54) is 34.5 Å². The van der Waals surface area contributed by atoms with Crippen LogP contribution in [0.5, 0.6) is 0 Å². The number of aromatic nitrogens is 1. The molecule has 4 rings (SSSR count). The molecule has 0 bridgehead atoms. The second kappa shape index (κ2) is 7.16. The average molecular weight is 348 g/mol. The Balaban J connectivity index is 1.58. The van der Waals surface area contributed by atoms with E-state index >= 15 is 0 Å². The van der Waals surface area contributed by atoms with Crippen LogP contribution in [0.3, 0.4) is 0 Å². The summed E-state index contributed by atoms with van der Waals surface area (Å²) >= 11 is 0. The van der Waals surface area contributed by atoms with Crippen molar-refractivity contribution in [2.24, 2.45) is 0 Å². The molecule has 2 heterocycles. The highest BCUT2D eigenvalue weighted by Gasteiger charge is 2.28. The molecular formula is C23H29N3. The van der Waals surface area contributed by atoms with Gasteiger partial charge in [0.1, 0.15) is 0 Å². The lowest BCUT2D eigenvalue weighted by atomic mass is 9.82. The molecule has 1 aliphatic heterocycles. The third kappa shape index (κ3) is 3.12. The molecule has 1 aromatic heterocycles. The molecule has 26 heavy (non-hydrogen) atoms. The molecule has 0 spiro atoms. The quantitative estimate of drug-likeness (QED) is 0.792. The Morgan fingerprint density at radius 3 is 2.85 bits per heavy atom. The third-order valence-corrected chi connectivity index (χ3v) is 5.83. The molecule has 0 fully saturated rings. The smallest absolute Gasteiger partial charge is 0.0577 e. The molecule has 3 heteroatoms. The van der Waals surface area contributed by atoms with Crippen LogP contribution in [0.25, 0.3) is 11.6 Å². The highest BCUT2D eigenvalue weighted by atomic mass is 15.1. The van der Waals surface area contributed by atoms with Gasteiger partial charge in [0.15, 0.2) is 0 Å². The topological polar surface area (TPSA) is 31.1 Å². The molecule has 1 aromatic carbocycles. The molecule has 0 radical (unpaired) electrons. The maximum absolute atomic E-state index is 3.76. The summed E-state index contributed by atoms with van der Waals surface area (Å²) in [5, 5.41) is 3.71. The predicted octanol–water partition coefficient (Wildman–Crippen LogP) is 5.06. The fourth-order valence-electron chi connectivity index (χ4n) is 4.24. The van der Waals surface area contributed by atoms with Gasteiger partial charge in [-0.3, -0.25) is 0 Å². The van der Waals surface area contributed by atoms with Gasteiger partial charge in [-0.2, -0.15) is 0 Å². The summed E-state index contributed by atoms with van der Waals surface area (Å²) in [6.45, 7) is 6.42. The number of nitrogens with one attached hydrogen (secondary N) is 2. The van der Waals surface area contributed by atoms with Crippen molar-refractivity contribution in [1.29, 1.82) is 0 Å². The number of nitrogens with zero attached hydrogens (tertiary/aromatic N) is 1. The molecule has 1 unspecified atom stereocenters. The average Bonchev–Trinajstić information content (AvgIpc) is 3.05. The molecule has 2 atom stereocenters. The van der Waals surface area contributed by atoms with Crippen molar-refractivity contribution in [2.45, 2.75) is 45.2 Å². The molecule has 0 saturated carbocycles. The Labute approximate surface area is 156 Å². The van der Waals surface area contributed by atoms with Gasteiger partial charge in [0.2, 0.25) is 0 Å². The van der Waals surface area contributed by atoms with Crippen LogP contribution in [-0.4, -0.2) is 23.5 Å². The number of allylic oxidation sites excluding steroid dienone is 1. The van der Waals surface area contributed by atoms with Gasteiger partial charge in [0.05, 0.1) is 6.54 Å². The van der Waals surface area contributed by atoms with Crippen molar-refractivity contribution in [3.05, 3.63) is 70.7 Å². The summed E-state index contributed by atoms with van der Waals surface area (Å²) in [5.41, 5.74) is 8.46. The molecule has 3 nitrogen and oxygen atoms in total. The van der Waals surface area contributed by atoms with Gasteiger partial charge in [-0.25, -0.2) is 0 Å². The van der Waals surface area contributed by atoms with Crippen LogP contribution < -0.4 is 5.32 Å². The van der Waals surface area contributed by atoms with E-state index in [0.29, 0.717) is 12.0 Å². The summed E-state index contributed by atoms with van der Waals surface area (Å²) in [6.07, 6.45) is 9.28. The highest BCUT2D eigenvalue weighted by Crippen LogP contribution is 2.41. The van der Waals surface area contributed by atoms with Crippen molar-refractivity contribution in [1.82, 2.24) is 15.2 Å². The van der Waals surface area contributed by atoms with Crippen molar-refractivity contribution in [2.75, 3.05) is 13.6 Å². The lowest BCUT2D eigenvalue weighted by Crippen LogP contribution is -2.22. The Morgan fingerprint density at radius 1 is 1.27 bits per heavy atom. The number of rotatable bonds is 5. The Hall–Kier alpha value is -2.26. The molecule has 0 saturated heterocycles. The summed E-state index contributed by atoms with van der Waals surface area (Å²) in [5.74, 6) is 0.633. The maximum atomic E-state index is 3.76. The zero-order chi connectivity index (χ0) is 18.1. The number of hydrogen-bond donors (Lipinski definition) is 2. The molecule has 136 valence electrons. The van der Waals surface area contributed by atoms with Crippen LogP contribution >= 0.6 is 0 Å². The molecule has 2 aromatic rings. The second-order valence-electron chi connectivity index (χ2n) is 7.62. The number of aromatic amines is 1. The Morgan fingerprint density at radius 2 is 2.08 bits per heavy atom. The van der Waals surface area contributed by atoms with Gasteiger partial charge in [-0.15, -0.1) is 0 Å². The summed E-state index contributed by atoms with van der Waals surface area (Å²) in [4.78, 5) is 6.00. The van der Waals surface area contributed by atoms with Gasteiger partial charge in [-0.05, 0) is 54.7 Å². The standard InChI is InChI=1S/C23H29N3/c1-4-17-10-11-19(14-24-16(2)18-8-6-5-7-9-18)23-22(17)20-12-13-26(3)15-21(20)25-23/h5-9,11-13,16-17,24-25H,4,10,14-15H2,1-3H3/t16-,17?/m1/s1. The first-order chi connectivity index (χ1) is 12.7. The van der Waals surface area contributed by atoms with Crippen LogP contribution in [0.2, 0.25) is 0 Å². The van der Waals surface area contributed by atoms with Crippen molar-refractivity contribution >= 4 is 11.6 Å². The SMILES string of the molecule is CCC1CC=C(CN[C@H](C)c2ccccc2)c2[nH]c3c(c21)C=CN(C)C3. The van der Waals surface area contributed by atoms with Gasteiger partial charge < -0.3 is 15.2 Å². The number of benzene rings is 1. The van der Waals surface area contributed by atoms with Gasteiger partial charge in [0, 0.05) is 36.6 Å². The minimum absolute atomic E-state index is 0.347. The van der Waals surface area contributed by atoms with E-state index in [2.05, 4.69) is 84.8 Å². The zero-order valence-electron chi connectivity index (χ0n) is 16.0. The fraction of sp³-hybridized carbons (Fsp3) is 0.391. The predicted molar refractivity (Wildman–Crippen MR) is 110 cm³/mol. The lowest BCUT2D eigenvalue weighted by molar-refractivity contribution is 0.442. The molecule has 2 aliphatic rings. The molecule has 1 aliphatic carbocycles. The first-order valence-electron chi connectivity index (χ1n) is 9.78. The first-order valence-corrected chi connectivity index (χ1v) is 9.78. The summed E-state index contributed by atoms with van der Waals surface area (Å²) in [7, 11) is 2.14. The minimum Gasteiger partial charge on any atom is -0.375 e.